The molecule has 2 N–H and O–H groups in total. The molecule has 2 aromatic carbocycles. The fourth-order valence-corrected chi connectivity index (χ4v) is 7.14. The second-order valence-corrected chi connectivity index (χ2v) is 13.0. The van der Waals surface area contributed by atoms with E-state index in [1.807, 2.05) is 36.0 Å². The molecule has 45 heavy (non-hydrogen) atoms. The van der Waals surface area contributed by atoms with Crippen molar-refractivity contribution in [2.75, 3.05) is 44.4 Å². The van der Waals surface area contributed by atoms with E-state index in [0.29, 0.717) is 18.4 Å². The van der Waals surface area contributed by atoms with Crippen LogP contribution >= 0.6 is 22.9 Å². The van der Waals surface area contributed by atoms with E-state index in [4.69, 9.17) is 27.1 Å². The first-order valence-electron chi connectivity index (χ1n) is 14.3. The van der Waals surface area contributed by atoms with Crippen LogP contribution in [-0.4, -0.2) is 71.5 Å². The number of nitrogens with zero attached hydrogens (tertiary/aromatic N) is 7. The van der Waals surface area contributed by atoms with Crippen LogP contribution in [0.25, 0.3) is 32.1 Å². The summed E-state index contributed by atoms with van der Waals surface area (Å²) in [5.41, 5.74) is 4.64. The molecule has 9 nitrogen and oxygen atoms in total. The lowest BCUT2D eigenvalue weighted by Crippen LogP contribution is -2.44. The molecular weight excluding hydrogens is 625 g/mol. The number of likely N-dealkylation sites (tertiary alicyclic amines) is 1. The lowest BCUT2D eigenvalue weighted by molar-refractivity contribution is 0.108. The van der Waals surface area contributed by atoms with E-state index in [2.05, 4.69) is 21.8 Å². The minimum atomic E-state index is -1.10. The number of nitrogen functional groups attached to an aromatic ring is 1. The van der Waals surface area contributed by atoms with Crippen LogP contribution in [0.3, 0.4) is 0 Å². The van der Waals surface area contributed by atoms with E-state index < -0.39 is 17.5 Å². The second kappa shape index (κ2) is 11.7. The number of aliphatic imine (C=N–C) groups is 1. The average Bonchev–Trinajstić information content (AvgIpc) is 3.54. The van der Waals surface area contributed by atoms with Gasteiger partial charge in [0.15, 0.2) is 5.82 Å². The molecule has 1 fully saturated rings. The summed E-state index contributed by atoms with van der Waals surface area (Å²) in [4.78, 5) is 19.4. The first-order chi connectivity index (χ1) is 21.4. The van der Waals surface area contributed by atoms with Crippen LogP contribution < -0.4 is 15.4 Å². The minimum Gasteiger partial charge on any atom is -0.461 e. The molecule has 0 aliphatic carbocycles. The lowest BCUT2D eigenvalue weighted by atomic mass is 9.96. The van der Waals surface area contributed by atoms with E-state index in [1.165, 1.54) is 6.07 Å². The molecule has 2 aliphatic heterocycles. The van der Waals surface area contributed by atoms with Crippen LogP contribution in [0, 0.1) is 28.8 Å². The molecule has 4 heterocycles. The fraction of sp³-hybridized carbons (Fsp3) is 0.355. The van der Waals surface area contributed by atoms with Crippen LogP contribution in [0.2, 0.25) is 5.02 Å². The molecule has 0 unspecified atom stereocenters. The number of hydrogen-bond donors (Lipinski definition) is 1. The highest BCUT2D eigenvalue weighted by Crippen LogP contribution is 2.47. The number of rotatable bonds is 7. The molecule has 0 radical (unpaired) electrons. The quantitative estimate of drug-likeness (QED) is 0.240. The second-order valence-electron chi connectivity index (χ2n) is 11.5. The van der Waals surface area contributed by atoms with E-state index >= 15 is 8.78 Å². The van der Waals surface area contributed by atoms with Gasteiger partial charge in [-0.2, -0.15) is 15.2 Å². The number of benzene rings is 2. The smallest absolute Gasteiger partial charge is 0.319 e. The maximum absolute atomic E-state index is 16.9. The number of nitrogens with two attached hydrogens (primary N) is 1. The first kappa shape index (κ1) is 30.9. The standard InChI is InChI=1S/C31H30ClF3N8OS/c1-16(43-10-7-38-8-11-43)42(4)29-17-12-19(32)23(24-20(33)13-21(34)27-22(24)18(14-36)28(37)45-27)25(35)26(17)39-30(40-29)44-15-31(2)6-5-9-41(31)3/h7-8,10,12-13,16H,5-6,9,11,15,37H2,1-4H3/t16-,31-/m0/s1. The third-order valence-corrected chi connectivity index (χ3v) is 10.2. The van der Waals surface area contributed by atoms with Crippen molar-refractivity contribution in [2.24, 2.45) is 4.99 Å². The molecule has 4 aromatic rings. The Kier molecular flexibility index (Phi) is 8.01. The van der Waals surface area contributed by atoms with Gasteiger partial charge in [0.25, 0.3) is 0 Å². The molecule has 14 heteroatoms. The van der Waals surface area contributed by atoms with E-state index in [0.717, 1.165) is 30.7 Å². The molecular formula is C31H30ClF3N8OS. The van der Waals surface area contributed by atoms with Crippen molar-refractivity contribution in [3.63, 3.8) is 0 Å². The normalized spacial score (nSPS) is 19.0. The third-order valence-electron chi connectivity index (χ3n) is 8.86. The monoisotopic (exact) mass is 654 g/mol. The van der Waals surface area contributed by atoms with Gasteiger partial charge in [-0.3, -0.25) is 9.89 Å². The van der Waals surface area contributed by atoms with Gasteiger partial charge >= 0.3 is 6.01 Å². The number of fused-ring (bicyclic) bond motifs is 2. The van der Waals surface area contributed by atoms with Crippen LogP contribution in [0.15, 0.2) is 29.5 Å². The Morgan fingerprint density at radius 3 is 2.69 bits per heavy atom. The number of aromatic nitrogens is 2. The van der Waals surface area contributed by atoms with Crippen molar-refractivity contribution in [1.82, 2.24) is 19.8 Å². The van der Waals surface area contributed by atoms with Gasteiger partial charge in [0.1, 0.15) is 40.6 Å². The highest BCUT2D eigenvalue weighted by Gasteiger charge is 2.35. The minimum absolute atomic E-state index is 0.0198. The van der Waals surface area contributed by atoms with Crippen LogP contribution in [0.5, 0.6) is 6.01 Å². The summed E-state index contributed by atoms with van der Waals surface area (Å²) in [6, 6.07) is 3.92. The van der Waals surface area contributed by atoms with Crippen LogP contribution in [0.1, 0.15) is 32.3 Å². The highest BCUT2D eigenvalue weighted by atomic mass is 35.5. The zero-order valence-corrected chi connectivity index (χ0v) is 26.6. The summed E-state index contributed by atoms with van der Waals surface area (Å²) in [7, 11) is 3.82. The highest BCUT2D eigenvalue weighted by molar-refractivity contribution is 7.23. The Hall–Kier alpha value is -4.12. The summed E-state index contributed by atoms with van der Waals surface area (Å²) in [5, 5.41) is 9.70. The molecule has 2 aromatic heterocycles. The summed E-state index contributed by atoms with van der Waals surface area (Å²) in [6.45, 7) is 5.76. The molecule has 0 bridgehead atoms. The number of hydrogen-bond acceptors (Lipinski definition) is 10. The molecule has 234 valence electrons. The molecule has 0 spiro atoms. The van der Waals surface area contributed by atoms with Gasteiger partial charge in [0, 0.05) is 53.6 Å². The number of thiophene rings is 1. The topological polar surface area (TPSA) is 107 Å². The van der Waals surface area contributed by atoms with Gasteiger partial charge < -0.3 is 20.3 Å². The van der Waals surface area contributed by atoms with Crippen molar-refractivity contribution in [3.8, 4) is 23.2 Å². The molecule has 0 amide bonds. The molecule has 1 saturated heterocycles. The van der Waals surface area contributed by atoms with Crippen molar-refractivity contribution >= 4 is 61.0 Å². The summed E-state index contributed by atoms with van der Waals surface area (Å²) in [6.07, 6.45) is 6.93. The zero-order valence-electron chi connectivity index (χ0n) is 25.0. The Morgan fingerprint density at radius 1 is 1.24 bits per heavy atom. The van der Waals surface area contributed by atoms with Gasteiger partial charge in [0.05, 0.1) is 33.5 Å². The Bertz CT molecular complexity index is 1940. The largest absolute Gasteiger partial charge is 0.461 e. The van der Waals surface area contributed by atoms with Gasteiger partial charge in [0.2, 0.25) is 0 Å². The fourth-order valence-electron chi connectivity index (χ4n) is 5.93. The van der Waals surface area contributed by atoms with Crippen LogP contribution in [-0.2, 0) is 0 Å². The molecule has 2 aliphatic rings. The maximum Gasteiger partial charge on any atom is 0.319 e. The first-order valence-corrected chi connectivity index (χ1v) is 15.5. The van der Waals surface area contributed by atoms with Gasteiger partial charge in [-0.1, -0.05) is 11.6 Å². The van der Waals surface area contributed by atoms with E-state index in [-0.39, 0.29) is 72.0 Å². The van der Waals surface area contributed by atoms with Gasteiger partial charge in [-0.25, -0.2) is 13.2 Å². The third kappa shape index (κ3) is 5.20. The average molecular weight is 655 g/mol. The zero-order chi connectivity index (χ0) is 32.2. The van der Waals surface area contributed by atoms with E-state index in [1.54, 1.807) is 19.5 Å². The molecule has 0 saturated carbocycles. The summed E-state index contributed by atoms with van der Waals surface area (Å²) < 4.78 is 53.4. The summed E-state index contributed by atoms with van der Waals surface area (Å²) >= 11 is 7.50. The molecule has 6 rings (SSSR count). The number of nitriles is 1. The van der Waals surface area contributed by atoms with Crippen molar-refractivity contribution < 1.29 is 17.9 Å². The molecule has 2 atom stereocenters. The Balaban J connectivity index is 1.57. The number of anilines is 2. The Morgan fingerprint density at radius 2 is 2.02 bits per heavy atom. The number of ether oxygens (including phenoxy) is 1. The van der Waals surface area contributed by atoms with Gasteiger partial charge in [-0.05, 0) is 46.3 Å². The predicted molar refractivity (Wildman–Crippen MR) is 172 cm³/mol. The van der Waals surface area contributed by atoms with E-state index in [9.17, 15) is 9.65 Å². The van der Waals surface area contributed by atoms with Crippen LogP contribution in [0.4, 0.5) is 24.0 Å². The van der Waals surface area contributed by atoms with Gasteiger partial charge in [-0.15, -0.1) is 11.3 Å². The van der Waals surface area contributed by atoms with Crippen molar-refractivity contribution in [1.29, 1.82) is 5.26 Å². The SMILES string of the molecule is C[C@H](N1C=CN=CC1)N(C)c1nc(OC[C@]2(C)CCCN2C)nc2c(F)c(-c3c(F)cc(F)c4sc(N)c(C#N)c34)c(Cl)cc12. The lowest BCUT2D eigenvalue weighted by Gasteiger charge is -2.36. The number of likely N-dealkylation sites (N-methyl/N-ethyl adjacent to an activating group) is 1. The Labute approximate surface area is 267 Å². The van der Waals surface area contributed by atoms with Crippen molar-refractivity contribution in [3.05, 3.63) is 52.6 Å². The summed E-state index contributed by atoms with van der Waals surface area (Å²) in [5.74, 6) is -2.65. The number of halogens is 4. The predicted octanol–water partition coefficient (Wildman–Crippen LogP) is 6.54. The van der Waals surface area contributed by atoms with Crippen molar-refractivity contribution in [2.45, 2.75) is 38.4 Å². The maximum atomic E-state index is 16.9.